The Bertz CT molecular complexity index is 1040. The smallest absolute Gasteiger partial charge is 0.302 e. The predicted octanol–water partition coefficient (Wildman–Crippen LogP) is 2.55. The number of halogens is 1. The van der Waals surface area contributed by atoms with Gasteiger partial charge < -0.3 is 9.73 Å². The lowest BCUT2D eigenvalue weighted by Crippen LogP contribution is -2.39. The summed E-state index contributed by atoms with van der Waals surface area (Å²) in [5, 5.41) is 12.8. The molecule has 0 saturated heterocycles. The van der Waals surface area contributed by atoms with Gasteiger partial charge in [0.25, 0.3) is 0 Å². The molecule has 0 radical (unpaired) electrons. The fourth-order valence-corrected chi connectivity index (χ4v) is 3.19. The van der Waals surface area contributed by atoms with E-state index in [0.717, 1.165) is 0 Å². The number of H-pyrrole nitrogens is 1. The van der Waals surface area contributed by atoms with Crippen LogP contribution in [0.25, 0.3) is 11.1 Å². The van der Waals surface area contributed by atoms with Crippen LogP contribution in [-0.4, -0.2) is 39.8 Å². The normalized spacial score (nSPS) is 19.5. The summed E-state index contributed by atoms with van der Waals surface area (Å²) >= 11 is 6.21. The number of carbonyl (C=O) groups excluding carboxylic acids is 1. The number of para-hydroxylation sites is 2. The number of nitrogens with one attached hydrogen (secondary N) is 3. The number of benzene rings is 1. The summed E-state index contributed by atoms with van der Waals surface area (Å²) in [7, 11) is 1.57. The Balaban J connectivity index is 1.70. The van der Waals surface area contributed by atoms with Crippen molar-refractivity contribution < 1.29 is 9.21 Å². The molecule has 1 amide bonds. The molecule has 1 aliphatic heterocycles. The monoisotopic (exact) mass is 385 g/mol. The fourth-order valence-electron chi connectivity index (χ4n) is 2.99. The molecule has 9 nitrogen and oxygen atoms in total. The van der Waals surface area contributed by atoms with E-state index in [1.54, 1.807) is 14.0 Å². The quantitative estimate of drug-likeness (QED) is 0.639. The number of hydrogen-bond donors (Lipinski definition) is 3. The fraction of sp³-hybridized carbons (Fsp3) is 0.235. The third-order valence-corrected chi connectivity index (χ3v) is 4.57. The molecule has 0 aliphatic carbocycles. The van der Waals surface area contributed by atoms with Crippen molar-refractivity contribution in [3.63, 3.8) is 0 Å². The zero-order valence-corrected chi connectivity index (χ0v) is 15.3. The zero-order chi connectivity index (χ0) is 19.0. The number of aromatic nitrogens is 3. The molecule has 1 aliphatic rings. The largest absolute Gasteiger partial charge is 0.423 e. The van der Waals surface area contributed by atoms with Gasteiger partial charge in [-0.25, -0.2) is 9.98 Å². The van der Waals surface area contributed by atoms with E-state index >= 15 is 0 Å². The molecule has 0 fully saturated rings. The number of amides is 1. The molecular weight excluding hydrogens is 370 g/mol. The Kier molecular flexibility index (Phi) is 4.36. The van der Waals surface area contributed by atoms with Crippen molar-refractivity contribution in [1.82, 2.24) is 20.5 Å². The van der Waals surface area contributed by atoms with Gasteiger partial charge in [0.15, 0.2) is 5.58 Å². The Morgan fingerprint density at radius 3 is 2.85 bits per heavy atom. The highest BCUT2D eigenvalue weighted by molar-refractivity contribution is 6.31. The van der Waals surface area contributed by atoms with Gasteiger partial charge >= 0.3 is 6.01 Å². The second kappa shape index (κ2) is 6.84. The van der Waals surface area contributed by atoms with Gasteiger partial charge in [-0.05, 0) is 19.1 Å². The highest BCUT2D eigenvalue weighted by Gasteiger charge is 2.37. The lowest BCUT2D eigenvalue weighted by atomic mass is 9.91. The number of aromatic amines is 1. The van der Waals surface area contributed by atoms with E-state index in [2.05, 4.69) is 35.8 Å². The summed E-state index contributed by atoms with van der Waals surface area (Å²) in [6.07, 6.45) is 1.47. The van der Waals surface area contributed by atoms with Gasteiger partial charge in [0.05, 0.1) is 16.9 Å². The maximum absolute atomic E-state index is 12.4. The molecule has 2 atom stereocenters. The van der Waals surface area contributed by atoms with Crippen molar-refractivity contribution in [2.24, 2.45) is 15.9 Å². The molecule has 0 saturated carbocycles. The number of rotatable bonds is 3. The van der Waals surface area contributed by atoms with E-state index in [-0.39, 0.29) is 17.9 Å². The van der Waals surface area contributed by atoms with Gasteiger partial charge in [-0.3, -0.25) is 15.2 Å². The van der Waals surface area contributed by atoms with Gasteiger partial charge in [0.2, 0.25) is 11.9 Å². The van der Waals surface area contributed by atoms with E-state index in [0.29, 0.717) is 27.5 Å². The molecule has 3 N–H and O–H groups in total. The predicted molar refractivity (Wildman–Crippen MR) is 102 cm³/mol. The van der Waals surface area contributed by atoms with Crippen molar-refractivity contribution in [3.8, 4) is 0 Å². The van der Waals surface area contributed by atoms with Crippen LogP contribution in [0.5, 0.6) is 0 Å². The average molecular weight is 386 g/mol. The molecule has 3 aromatic rings. The lowest BCUT2D eigenvalue weighted by molar-refractivity contribution is -0.123. The molecular formula is C17H16ClN7O2. The first-order chi connectivity index (χ1) is 13.1. The molecule has 0 spiro atoms. The number of nitrogens with zero attached hydrogens (tertiary/aromatic N) is 4. The Morgan fingerprint density at radius 1 is 1.33 bits per heavy atom. The van der Waals surface area contributed by atoms with Gasteiger partial charge in [0, 0.05) is 12.8 Å². The zero-order valence-electron chi connectivity index (χ0n) is 14.5. The first kappa shape index (κ1) is 17.2. The van der Waals surface area contributed by atoms with Gasteiger partial charge in [-0.1, -0.05) is 23.7 Å². The number of guanidine groups is 1. The maximum atomic E-state index is 12.4. The molecule has 27 heavy (non-hydrogen) atoms. The Labute approximate surface area is 158 Å². The summed E-state index contributed by atoms with van der Waals surface area (Å²) in [6, 6.07) is 7.06. The number of carbonyl (C=O) groups is 1. The summed E-state index contributed by atoms with van der Waals surface area (Å²) in [4.78, 5) is 25.7. The number of anilines is 1. The van der Waals surface area contributed by atoms with Gasteiger partial charge in [-0.15, -0.1) is 0 Å². The van der Waals surface area contributed by atoms with Crippen molar-refractivity contribution in [2.45, 2.75) is 13.0 Å². The minimum Gasteiger partial charge on any atom is -0.423 e. The van der Waals surface area contributed by atoms with Crippen molar-refractivity contribution >= 4 is 46.3 Å². The lowest BCUT2D eigenvalue weighted by Gasteiger charge is -2.26. The molecule has 2 unspecified atom stereocenters. The van der Waals surface area contributed by atoms with E-state index < -0.39 is 12.0 Å². The van der Waals surface area contributed by atoms with E-state index in [9.17, 15) is 4.79 Å². The molecule has 2 aromatic heterocycles. The van der Waals surface area contributed by atoms with Gasteiger partial charge in [0.1, 0.15) is 17.5 Å². The summed E-state index contributed by atoms with van der Waals surface area (Å²) in [5.41, 5.74) is 2.48. The molecule has 138 valence electrons. The molecule has 1 aromatic carbocycles. The second-order valence-electron chi connectivity index (χ2n) is 5.99. The molecule has 4 rings (SSSR count). The van der Waals surface area contributed by atoms with Gasteiger partial charge in [-0.2, -0.15) is 10.1 Å². The standard InChI is InChI=1S/C17H16ClN7O2/c1-8-12(15(26)19-2)14(13-9(18)7-20-25-13)23-16(21-8)24-17-22-10-5-3-4-6-11(10)27-17/h3-7,12,14H,1-2H3,(H,19,26)(H,20,25)(H,22,23,24). The minimum absolute atomic E-state index is 0.212. The average Bonchev–Trinajstić information content (AvgIpc) is 3.25. The minimum atomic E-state index is -0.609. The Morgan fingerprint density at radius 2 is 2.15 bits per heavy atom. The highest BCUT2D eigenvalue weighted by atomic mass is 35.5. The van der Waals surface area contributed by atoms with Crippen LogP contribution >= 0.6 is 11.6 Å². The number of fused-ring (bicyclic) bond motifs is 1. The topological polar surface area (TPSA) is 121 Å². The van der Waals surface area contributed by atoms with E-state index in [4.69, 9.17) is 16.0 Å². The van der Waals surface area contributed by atoms with Crippen LogP contribution in [0.15, 0.2) is 44.9 Å². The van der Waals surface area contributed by atoms with Crippen LogP contribution in [-0.2, 0) is 4.79 Å². The van der Waals surface area contributed by atoms with Crippen LogP contribution < -0.4 is 10.6 Å². The van der Waals surface area contributed by atoms with E-state index in [1.807, 2.05) is 24.3 Å². The first-order valence-corrected chi connectivity index (χ1v) is 8.60. The Hall–Kier alpha value is -3.20. The number of oxazole rings is 1. The van der Waals surface area contributed by atoms with Crippen LogP contribution in [0.3, 0.4) is 0 Å². The molecule has 10 heteroatoms. The second-order valence-corrected chi connectivity index (χ2v) is 6.39. The highest BCUT2D eigenvalue weighted by Crippen LogP contribution is 2.34. The summed E-state index contributed by atoms with van der Waals surface area (Å²) in [5.74, 6) is -0.548. The third-order valence-electron chi connectivity index (χ3n) is 4.27. The van der Waals surface area contributed by atoms with E-state index in [1.165, 1.54) is 6.20 Å². The van der Waals surface area contributed by atoms with Crippen molar-refractivity contribution in [2.75, 3.05) is 12.4 Å². The van der Waals surface area contributed by atoms with Crippen LogP contribution in [0.1, 0.15) is 18.7 Å². The summed E-state index contributed by atoms with van der Waals surface area (Å²) < 4.78 is 5.65. The van der Waals surface area contributed by atoms with Crippen LogP contribution in [0.4, 0.5) is 6.01 Å². The number of aliphatic imine (C=N–C) groups is 2. The molecule has 0 bridgehead atoms. The first-order valence-electron chi connectivity index (χ1n) is 8.22. The SMILES string of the molecule is CNC(=O)C1C(C)=NC(Nc2nc3ccccc3o2)=NC1c1[nH]ncc1Cl. The van der Waals surface area contributed by atoms with Crippen LogP contribution in [0, 0.1) is 5.92 Å². The van der Waals surface area contributed by atoms with Crippen molar-refractivity contribution in [1.29, 1.82) is 0 Å². The van der Waals surface area contributed by atoms with Crippen LogP contribution in [0.2, 0.25) is 5.02 Å². The summed E-state index contributed by atoms with van der Waals surface area (Å²) in [6.45, 7) is 1.76. The number of hydrogen-bond acceptors (Lipinski definition) is 7. The molecule has 3 heterocycles. The third kappa shape index (κ3) is 3.17. The van der Waals surface area contributed by atoms with Crippen molar-refractivity contribution in [3.05, 3.63) is 41.2 Å². The maximum Gasteiger partial charge on any atom is 0.302 e.